The monoisotopic (exact) mass is 339 g/mol. The number of hydrogen-bond donors (Lipinski definition) is 0. The molecule has 1 heteroatoms. The standard InChI is InChI=1S/C25H25N/c1-4-25(3,5-2)21-14-15-26-24(17-21)20-12-13-23-19(16-20)11-10-18-8-6-7-9-22(18)23/h6-17H,4-5H2,1-3H3. The van der Waals surface area contributed by atoms with E-state index in [1.54, 1.807) is 0 Å². The normalized spacial score (nSPS) is 12.0. The lowest BCUT2D eigenvalue weighted by Crippen LogP contribution is -2.19. The molecular formula is C25H25N. The number of rotatable bonds is 4. The summed E-state index contributed by atoms with van der Waals surface area (Å²) in [5.74, 6) is 0. The van der Waals surface area contributed by atoms with Gasteiger partial charge in [-0.1, -0.05) is 69.3 Å². The maximum Gasteiger partial charge on any atom is 0.0705 e. The molecule has 0 amide bonds. The molecule has 3 aromatic carbocycles. The van der Waals surface area contributed by atoms with Crippen LogP contribution in [0.4, 0.5) is 0 Å². The molecule has 130 valence electrons. The van der Waals surface area contributed by atoms with Gasteiger partial charge in [0.05, 0.1) is 5.69 Å². The minimum atomic E-state index is 0.213. The van der Waals surface area contributed by atoms with Crippen LogP contribution in [0.15, 0.2) is 72.9 Å². The Hall–Kier alpha value is -2.67. The van der Waals surface area contributed by atoms with Gasteiger partial charge in [-0.05, 0) is 63.6 Å². The van der Waals surface area contributed by atoms with Gasteiger partial charge in [0, 0.05) is 11.8 Å². The highest BCUT2D eigenvalue weighted by molar-refractivity contribution is 6.08. The van der Waals surface area contributed by atoms with Crippen molar-refractivity contribution >= 4 is 21.5 Å². The molecule has 0 unspecified atom stereocenters. The Morgan fingerprint density at radius 2 is 1.50 bits per heavy atom. The smallest absolute Gasteiger partial charge is 0.0705 e. The molecule has 1 nitrogen and oxygen atoms in total. The Bertz CT molecular complexity index is 1070. The van der Waals surface area contributed by atoms with Crippen LogP contribution in [0.25, 0.3) is 32.8 Å². The third-order valence-electron chi connectivity index (χ3n) is 6.06. The van der Waals surface area contributed by atoms with Gasteiger partial charge in [-0.2, -0.15) is 0 Å². The zero-order valence-electron chi connectivity index (χ0n) is 15.8. The van der Waals surface area contributed by atoms with Crippen molar-refractivity contribution in [3.8, 4) is 11.3 Å². The van der Waals surface area contributed by atoms with Gasteiger partial charge in [-0.3, -0.25) is 4.98 Å². The maximum absolute atomic E-state index is 4.66. The third-order valence-corrected chi connectivity index (χ3v) is 6.06. The minimum Gasteiger partial charge on any atom is -0.256 e. The van der Waals surface area contributed by atoms with Crippen LogP contribution in [0.3, 0.4) is 0 Å². The van der Waals surface area contributed by atoms with Crippen LogP contribution in [-0.4, -0.2) is 4.98 Å². The summed E-state index contributed by atoms with van der Waals surface area (Å²) in [5.41, 5.74) is 3.84. The Labute approximate surface area is 155 Å². The van der Waals surface area contributed by atoms with Gasteiger partial charge in [-0.15, -0.1) is 0 Å². The topological polar surface area (TPSA) is 12.9 Å². The van der Waals surface area contributed by atoms with Crippen LogP contribution in [0.1, 0.15) is 39.2 Å². The lowest BCUT2D eigenvalue weighted by atomic mass is 9.78. The number of hydrogen-bond acceptors (Lipinski definition) is 1. The summed E-state index contributed by atoms with van der Waals surface area (Å²) >= 11 is 0. The lowest BCUT2D eigenvalue weighted by Gasteiger charge is -2.27. The fraction of sp³-hybridized carbons (Fsp3) is 0.240. The van der Waals surface area contributed by atoms with E-state index in [0.717, 1.165) is 18.5 Å². The molecule has 26 heavy (non-hydrogen) atoms. The Morgan fingerprint density at radius 3 is 2.31 bits per heavy atom. The third kappa shape index (κ3) is 2.78. The van der Waals surface area contributed by atoms with Crippen LogP contribution in [-0.2, 0) is 5.41 Å². The van der Waals surface area contributed by atoms with E-state index < -0.39 is 0 Å². The lowest BCUT2D eigenvalue weighted by molar-refractivity contribution is 0.438. The molecule has 1 aromatic heterocycles. The van der Waals surface area contributed by atoms with Gasteiger partial charge in [-0.25, -0.2) is 0 Å². The molecule has 1 heterocycles. The second-order valence-corrected chi connectivity index (χ2v) is 7.42. The average Bonchev–Trinajstić information content (AvgIpc) is 2.72. The molecular weight excluding hydrogens is 314 g/mol. The number of nitrogens with zero attached hydrogens (tertiary/aromatic N) is 1. The van der Waals surface area contributed by atoms with E-state index in [4.69, 9.17) is 0 Å². The van der Waals surface area contributed by atoms with Crippen molar-refractivity contribution in [3.63, 3.8) is 0 Å². The van der Waals surface area contributed by atoms with Crippen LogP contribution < -0.4 is 0 Å². The van der Waals surface area contributed by atoms with Gasteiger partial charge < -0.3 is 0 Å². The summed E-state index contributed by atoms with van der Waals surface area (Å²) < 4.78 is 0. The first-order valence-electron chi connectivity index (χ1n) is 9.53. The van der Waals surface area contributed by atoms with Gasteiger partial charge in [0.15, 0.2) is 0 Å². The van der Waals surface area contributed by atoms with Crippen molar-refractivity contribution in [2.45, 2.75) is 39.0 Å². The first-order valence-corrected chi connectivity index (χ1v) is 9.53. The highest BCUT2D eigenvalue weighted by Crippen LogP contribution is 2.34. The summed E-state index contributed by atoms with van der Waals surface area (Å²) in [6.45, 7) is 6.88. The van der Waals surface area contributed by atoms with Crippen molar-refractivity contribution < 1.29 is 0 Å². The molecule has 0 saturated heterocycles. The fourth-order valence-electron chi connectivity index (χ4n) is 3.79. The zero-order chi connectivity index (χ0) is 18.1. The van der Waals surface area contributed by atoms with Gasteiger partial charge in [0.25, 0.3) is 0 Å². The van der Waals surface area contributed by atoms with Gasteiger partial charge >= 0.3 is 0 Å². The second-order valence-electron chi connectivity index (χ2n) is 7.42. The number of pyridine rings is 1. The van der Waals surface area contributed by atoms with E-state index in [1.165, 1.54) is 32.7 Å². The highest BCUT2D eigenvalue weighted by atomic mass is 14.7. The number of fused-ring (bicyclic) bond motifs is 3. The largest absolute Gasteiger partial charge is 0.256 e. The summed E-state index contributed by atoms with van der Waals surface area (Å²) in [5, 5.41) is 5.16. The summed E-state index contributed by atoms with van der Waals surface area (Å²) in [4.78, 5) is 4.66. The molecule has 0 aliphatic rings. The van der Waals surface area contributed by atoms with Gasteiger partial charge in [0.2, 0.25) is 0 Å². The molecule has 0 spiro atoms. The minimum absolute atomic E-state index is 0.213. The van der Waals surface area contributed by atoms with Crippen molar-refractivity contribution in [1.29, 1.82) is 0 Å². The van der Waals surface area contributed by atoms with Crippen LogP contribution in [0.5, 0.6) is 0 Å². The Morgan fingerprint density at radius 1 is 0.769 bits per heavy atom. The Kier molecular flexibility index (Phi) is 4.24. The van der Waals surface area contributed by atoms with E-state index in [9.17, 15) is 0 Å². The van der Waals surface area contributed by atoms with Crippen molar-refractivity contribution in [2.75, 3.05) is 0 Å². The summed E-state index contributed by atoms with van der Waals surface area (Å²) in [6.07, 6.45) is 4.23. The van der Waals surface area contributed by atoms with Crippen molar-refractivity contribution in [1.82, 2.24) is 4.98 Å². The van der Waals surface area contributed by atoms with E-state index in [-0.39, 0.29) is 5.41 Å². The van der Waals surface area contributed by atoms with E-state index in [0.29, 0.717) is 0 Å². The second kappa shape index (κ2) is 6.57. The molecule has 0 N–H and O–H groups in total. The number of aromatic nitrogens is 1. The first-order chi connectivity index (χ1) is 12.6. The van der Waals surface area contributed by atoms with E-state index in [2.05, 4.69) is 92.5 Å². The SMILES string of the molecule is CCC(C)(CC)c1ccnc(-c2ccc3c(ccc4ccccc43)c2)c1. The van der Waals surface area contributed by atoms with Crippen LogP contribution >= 0.6 is 0 Å². The molecule has 0 saturated carbocycles. The molecule has 0 radical (unpaired) electrons. The fourth-order valence-corrected chi connectivity index (χ4v) is 3.79. The predicted octanol–water partition coefficient (Wildman–Crippen LogP) is 7.13. The molecule has 0 fully saturated rings. The maximum atomic E-state index is 4.66. The average molecular weight is 339 g/mol. The molecule has 4 rings (SSSR count). The number of benzene rings is 3. The van der Waals surface area contributed by atoms with E-state index >= 15 is 0 Å². The van der Waals surface area contributed by atoms with Crippen molar-refractivity contribution in [2.24, 2.45) is 0 Å². The predicted molar refractivity (Wildman–Crippen MR) is 113 cm³/mol. The first kappa shape index (κ1) is 16.8. The zero-order valence-corrected chi connectivity index (χ0v) is 15.8. The molecule has 0 aliphatic heterocycles. The van der Waals surface area contributed by atoms with Crippen LogP contribution in [0, 0.1) is 0 Å². The summed E-state index contributed by atoms with van der Waals surface area (Å²) in [6, 6.07) is 24.1. The molecule has 0 atom stereocenters. The highest BCUT2D eigenvalue weighted by Gasteiger charge is 2.22. The van der Waals surface area contributed by atoms with Crippen molar-refractivity contribution in [3.05, 3.63) is 78.5 Å². The molecule has 4 aromatic rings. The quantitative estimate of drug-likeness (QED) is 0.360. The summed E-state index contributed by atoms with van der Waals surface area (Å²) in [7, 11) is 0. The van der Waals surface area contributed by atoms with E-state index in [1.807, 2.05) is 6.20 Å². The Balaban J connectivity index is 1.84. The molecule has 0 aliphatic carbocycles. The van der Waals surface area contributed by atoms with Gasteiger partial charge in [0.1, 0.15) is 0 Å². The van der Waals surface area contributed by atoms with Crippen LogP contribution in [0.2, 0.25) is 0 Å². The molecule has 0 bridgehead atoms.